The molecule has 0 amide bonds. The van der Waals surface area contributed by atoms with E-state index in [2.05, 4.69) is 0 Å². The molecule has 0 bridgehead atoms. The smallest absolute Gasteiger partial charge is 0.200 e. The molecule has 0 saturated carbocycles. The lowest BCUT2D eigenvalue weighted by Crippen LogP contribution is -2.36. The summed E-state index contributed by atoms with van der Waals surface area (Å²) in [4.78, 5) is 0. The van der Waals surface area contributed by atoms with Crippen molar-refractivity contribution in [3.05, 3.63) is 58.7 Å². The van der Waals surface area contributed by atoms with E-state index in [1.807, 2.05) is 0 Å². The fourth-order valence-electron chi connectivity index (χ4n) is 1.69. The summed E-state index contributed by atoms with van der Waals surface area (Å²) in [6, 6.07) is 1.45. The zero-order valence-electron chi connectivity index (χ0n) is 10.1. The molecule has 0 atom stereocenters. The molecule has 7 heteroatoms. The molecule has 0 aliphatic heterocycles. The van der Waals surface area contributed by atoms with Gasteiger partial charge in [-0.25, -0.2) is 26.3 Å². The van der Waals surface area contributed by atoms with Crippen LogP contribution in [-0.2, 0) is 0 Å². The second-order valence-electron chi connectivity index (χ2n) is 4.13. The average molecular weight is 287 g/mol. The van der Waals surface area contributed by atoms with Crippen molar-refractivity contribution in [1.29, 1.82) is 0 Å². The van der Waals surface area contributed by atoms with Gasteiger partial charge in [-0.05, 0) is 24.0 Å². The third kappa shape index (κ3) is 2.52. The third-order valence-corrected chi connectivity index (χ3v) is 2.79. The van der Waals surface area contributed by atoms with E-state index in [4.69, 9.17) is 0 Å². The van der Waals surface area contributed by atoms with E-state index >= 15 is 0 Å². The summed E-state index contributed by atoms with van der Waals surface area (Å²) in [6.45, 7) is 1.24. The molecular weight excluding hydrogens is 281 g/mol. The molecule has 0 N–H and O–H groups in total. The molecular formula is C13H6BF6. The first-order valence-corrected chi connectivity index (χ1v) is 5.44. The van der Waals surface area contributed by atoms with E-state index in [-0.39, 0.29) is 17.1 Å². The highest BCUT2D eigenvalue weighted by Gasteiger charge is 2.21. The lowest BCUT2D eigenvalue weighted by atomic mass is 9.62. The van der Waals surface area contributed by atoms with Gasteiger partial charge in [-0.15, -0.1) is 0 Å². The largest absolute Gasteiger partial charge is 0.207 e. The van der Waals surface area contributed by atoms with Crippen LogP contribution < -0.4 is 10.9 Å². The minimum atomic E-state index is -1.63. The molecule has 0 heterocycles. The second kappa shape index (κ2) is 5.23. The standard InChI is InChI=1S/C13H6BF6/c1-5-7(2-6(15)3-8(5)16)14-11-12(19)9(17)4-10(18)13(11)20/h2-4H,1H3. The minimum Gasteiger partial charge on any atom is -0.207 e. The molecule has 1 radical (unpaired) electrons. The van der Waals surface area contributed by atoms with Gasteiger partial charge in [0.15, 0.2) is 30.5 Å². The molecule has 0 aliphatic carbocycles. The zero-order valence-corrected chi connectivity index (χ0v) is 10.1. The van der Waals surface area contributed by atoms with Crippen LogP contribution in [0.15, 0.2) is 18.2 Å². The topological polar surface area (TPSA) is 0 Å². The van der Waals surface area contributed by atoms with Crippen molar-refractivity contribution < 1.29 is 26.3 Å². The Morgan fingerprint density at radius 3 is 1.85 bits per heavy atom. The maximum atomic E-state index is 13.5. The molecule has 2 aromatic carbocycles. The Labute approximate surface area is 111 Å². The Bertz CT molecular complexity index is 657. The molecule has 0 spiro atoms. The van der Waals surface area contributed by atoms with Gasteiger partial charge < -0.3 is 0 Å². The molecule has 0 saturated heterocycles. The van der Waals surface area contributed by atoms with Crippen LogP contribution in [0.4, 0.5) is 26.3 Å². The molecule has 2 aromatic rings. The van der Waals surface area contributed by atoms with Gasteiger partial charge in [0, 0.05) is 12.1 Å². The van der Waals surface area contributed by atoms with Gasteiger partial charge >= 0.3 is 0 Å². The predicted molar refractivity (Wildman–Crippen MR) is 62.4 cm³/mol. The van der Waals surface area contributed by atoms with Crippen molar-refractivity contribution in [2.24, 2.45) is 0 Å². The summed E-state index contributed by atoms with van der Waals surface area (Å²) in [6.07, 6.45) is 0. The third-order valence-electron chi connectivity index (χ3n) is 2.79. The van der Waals surface area contributed by atoms with E-state index in [9.17, 15) is 26.3 Å². The second-order valence-corrected chi connectivity index (χ2v) is 4.13. The highest BCUT2D eigenvalue weighted by atomic mass is 19.2. The fourth-order valence-corrected chi connectivity index (χ4v) is 1.69. The number of hydrogen-bond donors (Lipinski definition) is 0. The van der Waals surface area contributed by atoms with Crippen molar-refractivity contribution in [1.82, 2.24) is 0 Å². The van der Waals surface area contributed by atoms with Crippen LogP contribution in [-0.4, -0.2) is 7.28 Å². The van der Waals surface area contributed by atoms with Crippen LogP contribution in [0.1, 0.15) is 5.56 Å². The van der Waals surface area contributed by atoms with E-state index in [1.54, 1.807) is 0 Å². The summed E-state index contributed by atoms with van der Waals surface area (Å²) in [5.41, 5.74) is -1.35. The van der Waals surface area contributed by atoms with Gasteiger partial charge in [-0.2, -0.15) is 0 Å². The molecule has 0 aromatic heterocycles. The highest BCUT2D eigenvalue weighted by molar-refractivity contribution is 6.67. The van der Waals surface area contributed by atoms with Crippen molar-refractivity contribution >= 4 is 18.2 Å². The number of benzene rings is 2. The zero-order chi connectivity index (χ0) is 15.0. The Kier molecular flexibility index (Phi) is 3.79. The monoisotopic (exact) mass is 287 g/mol. The normalized spacial score (nSPS) is 10.8. The Hall–Kier alpha value is -1.92. The van der Waals surface area contributed by atoms with E-state index in [0.29, 0.717) is 13.3 Å². The first kappa shape index (κ1) is 14.5. The SMILES string of the molecule is Cc1c(F)cc(F)cc1[B]c1c(F)c(F)cc(F)c1F. The Balaban J connectivity index is 2.56. The molecule has 20 heavy (non-hydrogen) atoms. The van der Waals surface area contributed by atoms with Crippen LogP contribution in [0.3, 0.4) is 0 Å². The van der Waals surface area contributed by atoms with E-state index in [0.717, 1.165) is 6.07 Å². The summed E-state index contributed by atoms with van der Waals surface area (Å²) in [5, 5.41) is 0. The maximum absolute atomic E-state index is 13.5. The van der Waals surface area contributed by atoms with Gasteiger partial charge in [0.05, 0.1) is 0 Å². The van der Waals surface area contributed by atoms with Crippen LogP contribution in [0.25, 0.3) is 0 Å². The van der Waals surface area contributed by atoms with Crippen molar-refractivity contribution in [2.45, 2.75) is 6.92 Å². The van der Waals surface area contributed by atoms with Gasteiger partial charge in [0.1, 0.15) is 11.6 Å². The first-order chi connectivity index (χ1) is 9.31. The Morgan fingerprint density at radius 1 is 0.750 bits per heavy atom. The summed E-state index contributed by atoms with van der Waals surface area (Å²) >= 11 is 0. The van der Waals surface area contributed by atoms with Gasteiger partial charge in [-0.3, -0.25) is 0 Å². The fraction of sp³-hybridized carbons (Fsp3) is 0.0769. The van der Waals surface area contributed by atoms with E-state index in [1.165, 1.54) is 6.92 Å². The quantitative estimate of drug-likeness (QED) is 0.452. The number of hydrogen-bond acceptors (Lipinski definition) is 0. The van der Waals surface area contributed by atoms with Crippen LogP contribution >= 0.6 is 0 Å². The summed E-state index contributed by atoms with van der Waals surface area (Å²) < 4.78 is 79.4. The first-order valence-electron chi connectivity index (χ1n) is 5.44. The predicted octanol–water partition coefficient (Wildman–Crippen LogP) is 2.48. The number of rotatable bonds is 2. The molecule has 0 aliphatic rings. The summed E-state index contributed by atoms with van der Waals surface area (Å²) in [5.74, 6) is -8.36. The average Bonchev–Trinajstić information content (AvgIpc) is 2.37. The van der Waals surface area contributed by atoms with Crippen LogP contribution in [0.2, 0.25) is 0 Å². The van der Waals surface area contributed by atoms with Crippen molar-refractivity contribution in [3.8, 4) is 0 Å². The maximum Gasteiger partial charge on any atom is 0.200 e. The molecule has 0 nitrogen and oxygen atoms in total. The summed E-state index contributed by atoms with van der Waals surface area (Å²) in [7, 11) is 0.651. The lowest BCUT2D eigenvalue weighted by molar-refractivity contribution is 0.463. The van der Waals surface area contributed by atoms with Gasteiger partial charge in [0.25, 0.3) is 0 Å². The van der Waals surface area contributed by atoms with E-state index < -0.39 is 40.4 Å². The highest BCUT2D eigenvalue weighted by Crippen LogP contribution is 2.11. The molecule has 0 unspecified atom stereocenters. The van der Waals surface area contributed by atoms with Crippen LogP contribution in [0, 0.1) is 41.8 Å². The van der Waals surface area contributed by atoms with Gasteiger partial charge in [0.2, 0.25) is 0 Å². The lowest BCUT2D eigenvalue weighted by Gasteiger charge is -2.09. The van der Waals surface area contributed by atoms with Gasteiger partial charge in [-0.1, -0.05) is 5.46 Å². The number of halogens is 6. The minimum absolute atomic E-state index is 0.0566. The van der Waals surface area contributed by atoms with Crippen LogP contribution in [0.5, 0.6) is 0 Å². The molecule has 2 rings (SSSR count). The molecule has 103 valence electrons. The molecule has 0 fully saturated rings. The van der Waals surface area contributed by atoms with Crippen molar-refractivity contribution in [2.75, 3.05) is 0 Å². The Morgan fingerprint density at radius 2 is 1.30 bits per heavy atom. The van der Waals surface area contributed by atoms with Crippen molar-refractivity contribution in [3.63, 3.8) is 0 Å².